The highest BCUT2D eigenvalue weighted by molar-refractivity contribution is 7.26. The van der Waals surface area contributed by atoms with Crippen LogP contribution in [-0.4, -0.2) is 151 Å². The fraction of sp³-hybridized carbons (Fsp3) is 0. The summed E-state index contributed by atoms with van der Waals surface area (Å²) >= 11 is 1.81. The maximum Gasteiger partial charge on any atom is 0.143 e. The fourth-order valence-electron chi connectivity index (χ4n) is 10.9. The number of aromatic nitrogens is 2. The molecule has 0 fully saturated rings. The molecule has 0 aliphatic rings. The van der Waals surface area contributed by atoms with E-state index in [2.05, 4.69) is 159 Å². The maximum atomic E-state index is 7.14. The van der Waals surface area contributed by atoms with Crippen molar-refractivity contribution in [3.63, 3.8) is 0 Å². The summed E-state index contributed by atoms with van der Waals surface area (Å²) in [5.41, 5.74) is 34.1. The van der Waals surface area contributed by atoms with Crippen molar-refractivity contribution in [1.82, 2.24) is 9.97 Å². The minimum atomic E-state index is 0.995. The van der Waals surface area contributed by atoms with Gasteiger partial charge in [-0.15, -0.1) is 38.7 Å². The average molecular weight is 767 g/mol. The minimum absolute atomic E-state index is 0.995. The van der Waals surface area contributed by atoms with Gasteiger partial charge in [-0.3, -0.25) is 0 Å². The van der Waals surface area contributed by atoms with Gasteiger partial charge in [-0.05, 0) is 45.2 Å². The van der Waals surface area contributed by atoms with Crippen molar-refractivity contribution in [2.24, 2.45) is 0 Å². The summed E-state index contributed by atoms with van der Waals surface area (Å²) in [4.78, 5) is 10.2. The van der Waals surface area contributed by atoms with Gasteiger partial charge in [0.15, 0.2) is 0 Å². The molecule has 3 heterocycles. The molecule has 0 atom stereocenters. The quantitative estimate of drug-likeness (QED) is 0.168. The Hall–Kier alpha value is -4.15. The van der Waals surface area contributed by atoms with Crippen LogP contribution in [0.25, 0.3) is 86.5 Å². The normalized spacial score (nSPS) is 11.9. The smallest absolute Gasteiger partial charge is 0.143 e. The second kappa shape index (κ2) is 14.2. The molecular formula is C38H40B18N2OS. The summed E-state index contributed by atoms with van der Waals surface area (Å²) in [6, 6.07) is 7.06. The standard InChI is InChI=1S/C38H40B18N2OS/c39-16-11(12-22(45)28(51)23(46)13-14-24(47)31(54)32(55)33(56)37(14)59-36(12)13)21(44)27(50)25(48)15(16)35-38-34(57-4-58-35)6-3-5(1-2-7(6)60-38)8-9-10(19(42)26(49)17(8)40)20(43)30(53)29(52)18(9)41/h1-4H,39-56H2. The van der Waals surface area contributed by atoms with E-state index in [-0.39, 0.29) is 0 Å². The molecule has 0 spiro atoms. The van der Waals surface area contributed by atoms with Gasteiger partial charge in [-0.2, -0.15) is 0 Å². The van der Waals surface area contributed by atoms with E-state index in [1.165, 1.54) is 158 Å². The second-order valence-electron chi connectivity index (χ2n) is 18.2. The first-order valence-corrected chi connectivity index (χ1v) is 22.3. The van der Waals surface area contributed by atoms with Crippen LogP contribution < -0.4 is 98.3 Å². The van der Waals surface area contributed by atoms with Crippen LogP contribution in [0, 0.1) is 0 Å². The summed E-state index contributed by atoms with van der Waals surface area (Å²) in [5.74, 6) is 0. The third-order valence-corrected chi connectivity index (χ3v) is 17.0. The number of hydrogen-bond donors (Lipinski definition) is 0. The Morgan fingerprint density at radius 2 is 0.850 bits per heavy atom. The topological polar surface area (TPSA) is 38.9 Å². The molecule has 0 N–H and O–H groups in total. The number of furan rings is 1. The predicted octanol–water partition coefficient (Wildman–Crippen LogP) is -20.5. The maximum absolute atomic E-state index is 7.14. The third-order valence-electron chi connectivity index (χ3n) is 15.9. The van der Waals surface area contributed by atoms with Crippen molar-refractivity contribution in [3.05, 3.63) is 24.5 Å². The largest absolute Gasteiger partial charge is 0.456 e. The van der Waals surface area contributed by atoms with Crippen LogP contribution in [0.3, 0.4) is 0 Å². The highest BCUT2D eigenvalue weighted by Gasteiger charge is 2.28. The Morgan fingerprint density at radius 1 is 0.383 bits per heavy atom. The molecule has 60 heavy (non-hydrogen) atoms. The third kappa shape index (κ3) is 5.40. The van der Waals surface area contributed by atoms with Crippen molar-refractivity contribution in [2.75, 3.05) is 0 Å². The Bertz CT molecular complexity index is 3480. The summed E-state index contributed by atoms with van der Waals surface area (Å²) in [6.07, 6.45) is 1.79. The number of fused-ring (bicyclic) bond motifs is 7. The molecule has 3 nitrogen and oxygen atoms in total. The van der Waals surface area contributed by atoms with Crippen LogP contribution in [0.4, 0.5) is 0 Å². The molecule has 9 rings (SSSR count). The molecule has 0 aliphatic carbocycles. The molecule has 0 unspecified atom stereocenters. The lowest BCUT2D eigenvalue weighted by Crippen LogP contribution is -2.52. The van der Waals surface area contributed by atoms with Crippen LogP contribution in [0.15, 0.2) is 28.9 Å². The van der Waals surface area contributed by atoms with Gasteiger partial charge in [0.25, 0.3) is 0 Å². The van der Waals surface area contributed by atoms with Crippen LogP contribution in [0.1, 0.15) is 0 Å². The van der Waals surface area contributed by atoms with Crippen LogP contribution in [0.2, 0.25) is 0 Å². The van der Waals surface area contributed by atoms with Crippen molar-refractivity contribution in [2.45, 2.75) is 0 Å². The van der Waals surface area contributed by atoms with Gasteiger partial charge in [0.2, 0.25) is 0 Å². The lowest BCUT2D eigenvalue weighted by molar-refractivity contribution is 0.673. The Morgan fingerprint density at radius 3 is 1.47 bits per heavy atom. The van der Waals surface area contributed by atoms with Crippen molar-refractivity contribution in [1.29, 1.82) is 0 Å². The van der Waals surface area contributed by atoms with Gasteiger partial charge in [-0.25, -0.2) is 9.97 Å². The Labute approximate surface area is 374 Å². The number of hydrogen-bond acceptors (Lipinski definition) is 4. The second-order valence-corrected chi connectivity index (χ2v) is 19.3. The summed E-state index contributed by atoms with van der Waals surface area (Å²) in [7, 11) is 41.0. The van der Waals surface area contributed by atoms with E-state index in [9.17, 15) is 0 Å². The van der Waals surface area contributed by atoms with Gasteiger partial charge >= 0.3 is 0 Å². The first-order chi connectivity index (χ1) is 28.3. The van der Waals surface area contributed by atoms with E-state index in [1.807, 2.05) is 11.3 Å². The molecule has 6 aromatic carbocycles. The lowest BCUT2D eigenvalue weighted by Gasteiger charge is -2.25. The first-order valence-electron chi connectivity index (χ1n) is 21.5. The summed E-state index contributed by atoms with van der Waals surface area (Å²) in [6.45, 7) is 0. The summed E-state index contributed by atoms with van der Waals surface area (Å²) < 4.78 is 9.50. The van der Waals surface area contributed by atoms with Gasteiger partial charge < -0.3 is 4.42 Å². The highest BCUT2D eigenvalue weighted by atomic mass is 32.1. The van der Waals surface area contributed by atoms with Gasteiger partial charge in [0.05, 0.1) is 15.9 Å². The molecule has 0 radical (unpaired) electrons. The van der Waals surface area contributed by atoms with Crippen molar-refractivity contribution >= 4 is 304 Å². The Kier molecular flexibility index (Phi) is 9.75. The van der Waals surface area contributed by atoms with Gasteiger partial charge in [0.1, 0.15) is 159 Å². The van der Waals surface area contributed by atoms with Crippen LogP contribution in [-0.2, 0) is 0 Å². The molecule has 0 saturated carbocycles. The monoisotopic (exact) mass is 770 g/mol. The number of rotatable bonds is 3. The van der Waals surface area contributed by atoms with E-state index in [1.54, 1.807) is 6.33 Å². The van der Waals surface area contributed by atoms with Crippen LogP contribution in [0.5, 0.6) is 0 Å². The SMILES string of the molecule is Bc1c(B)c(-c2c(B)c(B)c(B)c3c2oc2c(B)c(B)c(B)c(B)c23)c(B)c(-c2ncnc3c2sc2ccc(-c4c(B)c(B)c(B)c5c(B)c(B)c(B)c(B)c45)cc23)c1B. The molecule has 0 amide bonds. The molecule has 22 heteroatoms. The molecule has 0 aliphatic heterocycles. The zero-order valence-corrected chi connectivity index (χ0v) is 39.8. The molecular weight excluding hydrogens is 727 g/mol. The van der Waals surface area contributed by atoms with Crippen LogP contribution >= 0.6 is 11.3 Å². The molecule has 0 bridgehead atoms. The number of thiophene rings is 1. The molecule has 9 aromatic rings. The van der Waals surface area contributed by atoms with E-state index >= 15 is 0 Å². The van der Waals surface area contributed by atoms with E-state index < -0.39 is 0 Å². The lowest BCUT2D eigenvalue weighted by atomic mass is 9.59. The fourth-order valence-corrected chi connectivity index (χ4v) is 12.0. The highest BCUT2D eigenvalue weighted by Crippen LogP contribution is 2.39. The summed E-state index contributed by atoms with van der Waals surface area (Å²) in [5, 5.41) is 6.48. The zero-order chi connectivity index (χ0) is 43.3. The van der Waals surface area contributed by atoms with E-state index in [0.29, 0.717) is 0 Å². The first kappa shape index (κ1) is 41.2. The van der Waals surface area contributed by atoms with Gasteiger partial charge in [0, 0.05) is 26.4 Å². The number of nitrogens with zero attached hydrogens (tertiary/aromatic N) is 2. The molecule has 3 aromatic heterocycles. The molecule has 268 valence electrons. The molecule has 0 saturated heterocycles. The van der Waals surface area contributed by atoms with E-state index in [0.717, 1.165) is 27.1 Å². The predicted molar refractivity (Wildman–Crippen MR) is 323 cm³/mol. The van der Waals surface area contributed by atoms with Crippen molar-refractivity contribution < 1.29 is 4.42 Å². The zero-order valence-electron chi connectivity index (χ0n) is 39.0. The van der Waals surface area contributed by atoms with Crippen molar-refractivity contribution in [3.8, 4) is 33.5 Å². The average Bonchev–Trinajstić information content (AvgIpc) is 3.82. The number of benzene rings is 6. The minimum Gasteiger partial charge on any atom is -0.456 e. The Balaban J connectivity index is 1.33. The van der Waals surface area contributed by atoms with E-state index in [4.69, 9.17) is 14.4 Å². The van der Waals surface area contributed by atoms with Gasteiger partial charge in [-0.1, -0.05) is 77.1 Å².